The first-order chi connectivity index (χ1) is 3.72. The van der Waals surface area contributed by atoms with Crippen molar-refractivity contribution in [2.45, 2.75) is 26.7 Å². The molecule has 0 saturated heterocycles. The van der Waals surface area contributed by atoms with E-state index in [1.54, 1.807) is 0 Å². The first-order valence-electron chi connectivity index (χ1n) is 3.37. The second-order valence-electron chi connectivity index (χ2n) is 3.01. The van der Waals surface area contributed by atoms with Crippen molar-refractivity contribution in [2.75, 3.05) is 0 Å². The number of hydrogen-bond acceptors (Lipinski definition) is 0. The highest BCUT2D eigenvalue weighted by molar-refractivity contribution is 5.02. The summed E-state index contributed by atoms with van der Waals surface area (Å²) in [6.45, 7) is 8.38. The van der Waals surface area contributed by atoms with Gasteiger partial charge in [-0.05, 0) is 31.6 Å². The van der Waals surface area contributed by atoms with Gasteiger partial charge in [-0.15, -0.1) is 0 Å². The van der Waals surface area contributed by atoms with Gasteiger partial charge in [0.05, 0.1) is 0 Å². The standard InChI is InChI=1S/C8H14/c1-6(2)8-5-4-7(8)3/h7-8H,1,4-5H2,2-3H3/t7-,8+/m1/s1. The lowest BCUT2D eigenvalue weighted by Gasteiger charge is -2.34. The zero-order valence-electron chi connectivity index (χ0n) is 5.78. The lowest BCUT2D eigenvalue weighted by atomic mass is 9.72. The molecule has 0 heterocycles. The lowest BCUT2D eigenvalue weighted by Crippen LogP contribution is -2.23. The largest absolute Gasteiger partial charge is 0.0999 e. The van der Waals surface area contributed by atoms with Gasteiger partial charge in [-0.1, -0.05) is 19.1 Å². The number of hydrogen-bond donors (Lipinski definition) is 0. The Labute approximate surface area is 51.6 Å². The predicted octanol–water partition coefficient (Wildman–Crippen LogP) is 2.61. The van der Waals surface area contributed by atoms with Crippen molar-refractivity contribution in [1.29, 1.82) is 0 Å². The molecule has 8 heavy (non-hydrogen) atoms. The van der Waals surface area contributed by atoms with E-state index >= 15 is 0 Å². The quantitative estimate of drug-likeness (QED) is 0.455. The number of allylic oxidation sites excluding steroid dienone is 1. The molecule has 0 aromatic heterocycles. The van der Waals surface area contributed by atoms with E-state index in [1.807, 2.05) is 0 Å². The summed E-state index contributed by atoms with van der Waals surface area (Å²) in [6, 6.07) is 0. The summed E-state index contributed by atoms with van der Waals surface area (Å²) in [6.07, 6.45) is 2.80. The molecule has 0 unspecified atom stereocenters. The molecule has 0 amide bonds. The van der Waals surface area contributed by atoms with Gasteiger partial charge in [-0.2, -0.15) is 0 Å². The van der Waals surface area contributed by atoms with Crippen LogP contribution in [0.5, 0.6) is 0 Å². The van der Waals surface area contributed by atoms with Crippen LogP contribution in [0.4, 0.5) is 0 Å². The van der Waals surface area contributed by atoms with Crippen LogP contribution in [-0.2, 0) is 0 Å². The molecule has 1 aliphatic rings. The fourth-order valence-corrected chi connectivity index (χ4v) is 1.40. The minimum Gasteiger partial charge on any atom is -0.0999 e. The van der Waals surface area contributed by atoms with Crippen LogP contribution in [0, 0.1) is 11.8 Å². The van der Waals surface area contributed by atoms with Gasteiger partial charge in [0.25, 0.3) is 0 Å². The molecule has 0 heteroatoms. The van der Waals surface area contributed by atoms with E-state index in [0.29, 0.717) is 0 Å². The predicted molar refractivity (Wildman–Crippen MR) is 36.7 cm³/mol. The van der Waals surface area contributed by atoms with Crippen molar-refractivity contribution in [3.8, 4) is 0 Å². The van der Waals surface area contributed by atoms with Gasteiger partial charge in [0.1, 0.15) is 0 Å². The van der Waals surface area contributed by atoms with Crippen molar-refractivity contribution >= 4 is 0 Å². The van der Waals surface area contributed by atoms with Gasteiger partial charge in [-0.25, -0.2) is 0 Å². The van der Waals surface area contributed by atoms with Crippen LogP contribution in [0.1, 0.15) is 26.7 Å². The Balaban J connectivity index is 2.37. The Morgan fingerprint density at radius 2 is 2.12 bits per heavy atom. The van der Waals surface area contributed by atoms with Gasteiger partial charge in [0.15, 0.2) is 0 Å². The zero-order chi connectivity index (χ0) is 6.15. The Bertz CT molecular complexity index is 103. The summed E-state index contributed by atoms with van der Waals surface area (Å²) in [5, 5.41) is 0. The molecule has 0 N–H and O–H groups in total. The second-order valence-corrected chi connectivity index (χ2v) is 3.01. The highest BCUT2D eigenvalue weighted by Crippen LogP contribution is 2.37. The summed E-state index contributed by atoms with van der Waals surface area (Å²) >= 11 is 0. The topological polar surface area (TPSA) is 0 Å². The van der Waals surface area contributed by atoms with E-state index in [2.05, 4.69) is 20.4 Å². The van der Waals surface area contributed by atoms with Crippen LogP contribution >= 0.6 is 0 Å². The summed E-state index contributed by atoms with van der Waals surface area (Å²) in [5.74, 6) is 1.78. The maximum absolute atomic E-state index is 3.93. The molecular weight excluding hydrogens is 96.1 g/mol. The Kier molecular flexibility index (Phi) is 1.41. The highest BCUT2D eigenvalue weighted by Gasteiger charge is 2.26. The Morgan fingerprint density at radius 1 is 1.50 bits per heavy atom. The maximum Gasteiger partial charge on any atom is -0.0183 e. The fraction of sp³-hybridized carbons (Fsp3) is 0.750. The van der Waals surface area contributed by atoms with Gasteiger partial charge in [0, 0.05) is 0 Å². The van der Waals surface area contributed by atoms with E-state index in [-0.39, 0.29) is 0 Å². The molecule has 1 rings (SSSR count). The molecule has 0 nitrogen and oxygen atoms in total. The Morgan fingerprint density at radius 3 is 2.12 bits per heavy atom. The molecular formula is C8H14. The van der Waals surface area contributed by atoms with Crippen LogP contribution in [0.15, 0.2) is 12.2 Å². The van der Waals surface area contributed by atoms with E-state index in [1.165, 1.54) is 18.4 Å². The van der Waals surface area contributed by atoms with E-state index in [4.69, 9.17) is 0 Å². The van der Waals surface area contributed by atoms with Crippen molar-refractivity contribution < 1.29 is 0 Å². The van der Waals surface area contributed by atoms with Gasteiger partial charge in [0.2, 0.25) is 0 Å². The zero-order valence-corrected chi connectivity index (χ0v) is 5.78. The highest BCUT2D eigenvalue weighted by atomic mass is 14.3. The first kappa shape index (κ1) is 5.87. The summed E-state index contributed by atoms with van der Waals surface area (Å²) in [7, 11) is 0. The first-order valence-corrected chi connectivity index (χ1v) is 3.37. The smallest absolute Gasteiger partial charge is 0.0183 e. The third-order valence-corrected chi connectivity index (χ3v) is 2.25. The molecule has 0 aromatic rings. The fourth-order valence-electron chi connectivity index (χ4n) is 1.40. The van der Waals surface area contributed by atoms with Crippen molar-refractivity contribution in [2.24, 2.45) is 11.8 Å². The average molecular weight is 110 g/mol. The van der Waals surface area contributed by atoms with Crippen LogP contribution in [0.25, 0.3) is 0 Å². The maximum atomic E-state index is 3.93. The summed E-state index contributed by atoms with van der Waals surface area (Å²) in [4.78, 5) is 0. The monoisotopic (exact) mass is 110 g/mol. The van der Waals surface area contributed by atoms with Gasteiger partial charge >= 0.3 is 0 Å². The normalized spacial score (nSPS) is 36.2. The molecule has 0 aliphatic heterocycles. The summed E-state index contributed by atoms with van der Waals surface area (Å²) in [5.41, 5.74) is 1.38. The average Bonchev–Trinajstić information content (AvgIpc) is 1.61. The second kappa shape index (κ2) is 1.93. The van der Waals surface area contributed by atoms with Crippen LogP contribution in [-0.4, -0.2) is 0 Å². The molecule has 1 fully saturated rings. The molecule has 46 valence electrons. The molecule has 1 aliphatic carbocycles. The van der Waals surface area contributed by atoms with E-state index in [9.17, 15) is 0 Å². The SMILES string of the molecule is C=C(C)[C@@H]1CC[C@H]1C. The van der Waals surface area contributed by atoms with Crippen LogP contribution in [0.2, 0.25) is 0 Å². The van der Waals surface area contributed by atoms with Crippen molar-refractivity contribution in [1.82, 2.24) is 0 Å². The third kappa shape index (κ3) is 0.795. The minimum absolute atomic E-state index is 0.856. The minimum atomic E-state index is 0.856. The third-order valence-electron chi connectivity index (χ3n) is 2.25. The molecule has 1 saturated carbocycles. The van der Waals surface area contributed by atoms with Crippen molar-refractivity contribution in [3.63, 3.8) is 0 Å². The van der Waals surface area contributed by atoms with Gasteiger partial charge < -0.3 is 0 Å². The van der Waals surface area contributed by atoms with Gasteiger partial charge in [-0.3, -0.25) is 0 Å². The van der Waals surface area contributed by atoms with E-state index < -0.39 is 0 Å². The van der Waals surface area contributed by atoms with E-state index in [0.717, 1.165) is 11.8 Å². The van der Waals surface area contributed by atoms with Crippen LogP contribution < -0.4 is 0 Å². The molecule has 0 bridgehead atoms. The lowest BCUT2D eigenvalue weighted by molar-refractivity contribution is 0.238. The molecule has 0 aromatic carbocycles. The molecule has 0 radical (unpaired) electrons. The van der Waals surface area contributed by atoms with Crippen molar-refractivity contribution in [3.05, 3.63) is 12.2 Å². The number of rotatable bonds is 1. The molecule has 2 atom stereocenters. The summed E-state index contributed by atoms with van der Waals surface area (Å²) < 4.78 is 0. The molecule has 0 spiro atoms. The Hall–Kier alpha value is -0.260. The van der Waals surface area contributed by atoms with Crippen LogP contribution in [0.3, 0.4) is 0 Å².